The third-order valence-electron chi connectivity index (χ3n) is 3.69. The second-order valence-electron chi connectivity index (χ2n) is 6.88. The lowest BCUT2D eigenvalue weighted by Gasteiger charge is -2.26. The number of hydrogen-bond acceptors (Lipinski definition) is 5. The lowest BCUT2D eigenvalue weighted by molar-refractivity contribution is 0.0360. The molecular weight excluding hydrogens is 360 g/mol. The van der Waals surface area contributed by atoms with Crippen molar-refractivity contribution in [1.82, 2.24) is 9.88 Å². The Morgan fingerprint density at radius 2 is 2.04 bits per heavy atom. The molecule has 6 heteroatoms. The van der Waals surface area contributed by atoms with E-state index in [1.165, 1.54) is 16.2 Å². The number of ether oxygens (including phenoxy) is 2. The van der Waals surface area contributed by atoms with Crippen molar-refractivity contribution in [3.05, 3.63) is 53.7 Å². The molecule has 0 N–H and O–H groups in total. The number of carbonyl (C=O) groups is 1. The highest BCUT2D eigenvalue weighted by molar-refractivity contribution is 7.19. The second kappa shape index (κ2) is 8.39. The van der Waals surface area contributed by atoms with Crippen molar-refractivity contribution in [1.29, 1.82) is 0 Å². The molecule has 0 bridgehead atoms. The summed E-state index contributed by atoms with van der Waals surface area (Å²) in [7, 11) is 3.33. The average molecular weight is 387 g/mol. The van der Waals surface area contributed by atoms with Gasteiger partial charge in [-0.15, -0.1) is 11.3 Å². The summed E-state index contributed by atoms with van der Waals surface area (Å²) in [5, 5.41) is 0.793. The molecule has 0 aliphatic carbocycles. The molecule has 1 aromatic heterocycles. The third kappa shape index (κ3) is 4.98. The predicted molar refractivity (Wildman–Crippen MR) is 112 cm³/mol. The van der Waals surface area contributed by atoms with Crippen LogP contribution in [0, 0.1) is 0 Å². The zero-order valence-corrected chi connectivity index (χ0v) is 17.5. The van der Waals surface area contributed by atoms with E-state index in [0.717, 1.165) is 26.5 Å². The number of thiazole rings is 1. The summed E-state index contributed by atoms with van der Waals surface area (Å²) in [6, 6.07) is 5.76. The second-order valence-corrected chi connectivity index (χ2v) is 7.91. The van der Waals surface area contributed by atoms with Crippen molar-refractivity contribution in [2.75, 3.05) is 14.2 Å². The number of aromatic nitrogens is 1. The Bertz CT molecular complexity index is 904. The van der Waals surface area contributed by atoms with Crippen LogP contribution in [0.2, 0.25) is 0 Å². The van der Waals surface area contributed by atoms with E-state index in [9.17, 15) is 4.79 Å². The van der Waals surface area contributed by atoms with Crippen LogP contribution in [-0.4, -0.2) is 35.7 Å². The zero-order chi connectivity index (χ0) is 20.2. The first-order chi connectivity index (χ1) is 12.7. The lowest BCUT2D eigenvalue weighted by Crippen LogP contribution is -2.34. The van der Waals surface area contributed by atoms with Crippen molar-refractivity contribution >= 4 is 33.2 Å². The Balaban J connectivity index is 2.44. The van der Waals surface area contributed by atoms with Gasteiger partial charge < -0.3 is 9.47 Å². The maximum atomic E-state index is 12.5. The van der Waals surface area contributed by atoms with Gasteiger partial charge in [0, 0.05) is 12.6 Å². The van der Waals surface area contributed by atoms with Crippen LogP contribution in [0.4, 0.5) is 4.79 Å². The molecule has 0 fully saturated rings. The van der Waals surface area contributed by atoms with Gasteiger partial charge in [0.15, 0.2) is 0 Å². The molecule has 0 unspecified atom stereocenters. The Hall–Kier alpha value is -2.60. The molecule has 0 aliphatic heterocycles. The predicted octanol–water partition coefficient (Wildman–Crippen LogP) is 5.65. The molecule has 1 aromatic carbocycles. The van der Waals surface area contributed by atoms with E-state index in [-0.39, 0.29) is 0 Å². The summed E-state index contributed by atoms with van der Waals surface area (Å²) in [5.74, 6) is 0.782. The molecule has 0 radical (unpaired) electrons. The summed E-state index contributed by atoms with van der Waals surface area (Å²) >= 11 is 1.53. The minimum Gasteiger partial charge on any atom is -0.497 e. The fraction of sp³-hybridized carbons (Fsp3) is 0.333. The third-order valence-corrected chi connectivity index (χ3v) is 4.74. The van der Waals surface area contributed by atoms with Gasteiger partial charge in [-0.3, -0.25) is 4.90 Å². The van der Waals surface area contributed by atoms with E-state index in [1.54, 1.807) is 20.2 Å². The van der Waals surface area contributed by atoms with Crippen LogP contribution in [-0.2, 0) is 4.74 Å². The Morgan fingerprint density at radius 3 is 2.59 bits per heavy atom. The quantitative estimate of drug-likeness (QED) is 0.624. The maximum Gasteiger partial charge on any atom is 0.414 e. The molecule has 0 aliphatic rings. The minimum absolute atomic E-state index is 0.423. The Morgan fingerprint density at radius 1 is 1.33 bits per heavy atom. The highest BCUT2D eigenvalue weighted by Crippen LogP contribution is 2.34. The van der Waals surface area contributed by atoms with E-state index >= 15 is 0 Å². The summed E-state index contributed by atoms with van der Waals surface area (Å²) < 4.78 is 11.8. The van der Waals surface area contributed by atoms with E-state index in [1.807, 2.05) is 58.0 Å². The maximum absolute atomic E-state index is 12.5. The van der Waals surface area contributed by atoms with Crippen molar-refractivity contribution < 1.29 is 14.3 Å². The molecule has 144 valence electrons. The Kier molecular flexibility index (Phi) is 6.44. The van der Waals surface area contributed by atoms with Crippen LogP contribution >= 0.6 is 11.3 Å². The molecule has 0 atom stereocenters. The topological polar surface area (TPSA) is 51.7 Å². The molecule has 0 saturated heterocycles. The summed E-state index contributed by atoms with van der Waals surface area (Å²) in [6.45, 7) is 11.2. The van der Waals surface area contributed by atoms with Crippen LogP contribution in [0.5, 0.6) is 5.75 Å². The van der Waals surface area contributed by atoms with E-state index in [0.29, 0.717) is 5.70 Å². The highest BCUT2D eigenvalue weighted by atomic mass is 32.1. The smallest absolute Gasteiger partial charge is 0.414 e. The molecule has 27 heavy (non-hydrogen) atoms. The van der Waals surface area contributed by atoms with Crippen molar-refractivity contribution in [3.8, 4) is 5.75 Å². The van der Waals surface area contributed by atoms with E-state index in [4.69, 9.17) is 14.5 Å². The van der Waals surface area contributed by atoms with Crippen LogP contribution in [0.3, 0.4) is 0 Å². The van der Waals surface area contributed by atoms with Gasteiger partial charge in [0.1, 0.15) is 16.4 Å². The summed E-state index contributed by atoms with van der Waals surface area (Å²) in [6.07, 6.45) is 4.99. The standard InChI is InChI=1S/C21H26N2O3S/c1-8-10-15(17(9-2)23(6)20(24)26-21(3,4)5)19-22-16-12-11-14(25-7)13-18(16)27-19/h8-13H,1H2,2-7H3/b15-10+,17-9+. The first-order valence-electron chi connectivity index (χ1n) is 8.61. The number of benzene rings is 1. The molecule has 2 aromatic rings. The van der Waals surface area contributed by atoms with Crippen LogP contribution in [0.1, 0.15) is 32.7 Å². The largest absolute Gasteiger partial charge is 0.497 e. The van der Waals surface area contributed by atoms with Gasteiger partial charge in [-0.05, 0) is 45.9 Å². The first-order valence-corrected chi connectivity index (χ1v) is 9.43. The van der Waals surface area contributed by atoms with Gasteiger partial charge in [-0.2, -0.15) is 0 Å². The molecule has 0 spiro atoms. The van der Waals surface area contributed by atoms with Crippen molar-refractivity contribution in [2.45, 2.75) is 33.3 Å². The summed E-state index contributed by atoms with van der Waals surface area (Å²) in [4.78, 5) is 18.7. The number of likely N-dealkylation sites (N-methyl/N-ethyl adjacent to an activating group) is 1. The molecule has 5 nitrogen and oxygen atoms in total. The number of fused-ring (bicyclic) bond motifs is 1. The van der Waals surface area contributed by atoms with Gasteiger partial charge in [-0.1, -0.05) is 24.8 Å². The summed E-state index contributed by atoms with van der Waals surface area (Å²) in [5.41, 5.74) is 1.82. The fourth-order valence-corrected chi connectivity index (χ4v) is 3.52. The van der Waals surface area contributed by atoms with E-state index < -0.39 is 11.7 Å². The number of nitrogens with zero attached hydrogens (tertiary/aromatic N) is 2. The molecule has 1 amide bonds. The lowest BCUT2D eigenvalue weighted by atomic mass is 10.1. The normalized spacial score (nSPS) is 12.8. The minimum atomic E-state index is -0.571. The van der Waals surface area contributed by atoms with Gasteiger partial charge in [-0.25, -0.2) is 9.78 Å². The number of amides is 1. The first kappa shape index (κ1) is 20.7. The van der Waals surface area contributed by atoms with Crippen LogP contribution in [0.15, 0.2) is 48.7 Å². The SMILES string of the molecule is C=C/C=C(\C(=C/C)N(C)C(=O)OC(C)(C)C)c1nc2ccc(OC)cc2s1. The zero-order valence-electron chi connectivity index (χ0n) is 16.7. The van der Waals surface area contributed by atoms with Crippen molar-refractivity contribution in [3.63, 3.8) is 0 Å². The van der Waals surface area contributed by atoms with Gasteiger partial charge in [0.25, 0.3) is 0 Å². The fourth-order valence-electron chi connectivity index (χ4n) is 2.49. The molecular formula is C21H26N2O3S. The van der Waals surface area contributed by atoms with Crippen LogP contribution in [0.25, 0.3) is 15.8 Å². The average Bonchev–Trinajstić information content (AvgIpc) is 3.02. The molecule has 2 rings (SSSR count). The van der Waals surface area contributed by atoms with Gasteiger partial charge in [0.05, 0.1) is 23.0 Å². The number of hydrogen-bond donors (Lipinski definition) is 0. The monoisotopic (exact) mass is 386 g/mol. The van der Waals surface area contributed by atoms with Crippen LogP contribution < -0.4 is 4.74 Å². The number of allylic oxidation sites excluding steroid dienone is 4. The van der Waals surface area contributed by atoms with E-state index in [2.05, 4.69) is 6.58 Å². The molecule has 1 heterocycles. The number of rotatable bonds is 5. The molecule has 0 saturated carbocycles. The highest BCUT2D eigenvalue weighted by Gasteiger charge is 2.24. The Labute approximate surface area is 164 Å². The van der Waals surface area contributed by atoms with Gasteiger partial charge in [0.2, 0.25) is 0 Å². The van der Waals surface area contributed by atoms with Gasteiger partial charge >= 0.3 is 6.09 Å². The number of carbonyl (C=O) groups excluding carboxylic acids is 1. The number of methoxy groups -OCH3 is 1. The van der Waals surface area contributed by atoms with Crippen molar-refractivity contribution in [2.24, 2.45) is 0 Å².